The van der Waals surface area contributed by atoms with Crippen LogP contribution in [0, 0.1) is 0 Å². The van der Waals surface area contributed by atoms with Crippen molar-refractivity contribution < 1.29 is 18.0 Å². The summed E-state index contributed by atoms with van der Waals surface area (Å²) in [5.41, 5.74) is 1.71. The predicted molar refractivity (Wildman–Crippen MR) is 186 cm³/mol. The van der Waals surface area contributed by atoms with Crippen LogP contribution in [0.25, 0.3) is 0 Å². The third kappa shape index (κ3) is 8.50. The Morgan fingerprint density at radius 1 is 0.848 bits per heavy atom. The van der Waals surface area contributed by atoms with E-state index >= 15 is 0 Å². The Morgan fingerprint density at radius 3 is 2.13 bits per heavy atom. The van der Waals surface area contributed by atoms with Gasteiger partial charge in [0.05, 0.1) is 15.6 Å². The summed E-state index contributed by atoms with van der Waals surface area (Å²) in [5, 5.41) is 3.54. The van der Waals surface area contributed by atoms with Crippen molar-refractivity contribution in [3.63, 3.8) is 0 Å². The first-order valence-electron chi connectivity index (χ1n) is 15.0. The van der Waals surface area contributed by atoms with Crippen molar-refractivity contribution in [2.75, 3.05) is 10.8 Å². The molecule has 0 radical (unpaired) electrons. The summed E-state index contributed by atoms with van der Waals surface area (Å²) in [6, 6.07) is 28.3. The number of carbonyl (C=O) groups excluding carboxylic acids is 2. The fourth-order valence-electron chi connectivity index (χ4n) is 5.62. The zero-order valence-electron chi connectivity index (χ0n) is 25.0. The van der Waals surface area contributed by atoms with Crippen LogP contribution in [0.15, 0.2) is 112 Å². The van der Waals surface area contributed by atoms with Gasteiger partial charge in [-0.3, -0.25) is 13.9 Å². The van der Waals surface area contributed by atoms with Gasteiger partial charge in [0, 0.05) is 28.5 Å². The van der Waals surface area contributed by atoms with Crippen molar-refractivity contribution >= 4 is 66.7 Å². The molecule has 0 bridgehead atoms. The highest BCUT2D eigenvalue weighted by Gasteiger charge is 2.36. The monoisotopic (exact) mass is 741 g/mol. The van der Waals surface area contributed by atoms with Gasteiger partial charge in [-0.1, -0.05) is 113 Å². The third-order valence-corrected chi connectivity index (χ3v) is 10.9. The number of hydrogen-bond acceptors (Lipinski definition) is 4. The Hall–Kier alpha value is -3.37. The molecule has 1 saturated carbocycles. The van der Waals surface area contributed by atoms with Crippen LogP contribution >= 0.6 is 39.1 Å². The van der Waals surface area contributed by atoms with Crippen LogP contribution in [-0.2, 0) is 32.6 Å². The van der Waals surface area contributed by atoms with E-state index in [4.69, 9.17) is 23.2 Å². The minimum absolute atomic E-state index is 0.0156. The van der Waals surface area contributed by atoms with E-state index in [1.165, 1.54) is 29.2 Å². The van der Waals surface area contributed by atoms with Crippen LogP contribution in [-0.4, -0.2) is 43.8 Å². The fourth-order valence-corrected chi connectivity index (χ4v) is 7.76. The van der Waals surface area contributed by atoms with E-state index in [0.29, 0.717) is 0 Å². The van der Waals surface area contributed by atoms with Crippen molar-refractivity contribution in [1.29, 1.82) is 0 Å². The van der Waals surface area contributed by atoms with E-state index in [1.807, 2.05) is 54.6 Å². The largest absolute Gasteiger partial charge is 0.352 e. The molecule has 0 aromatic heterocycles. The number of carbonyl (C=O) groups is 2. The van der Waals surface area contributed by atoms with Crippen molar-refractivity contribution in [1.82, 2.24) is 10.2 Å². The van der Waals surface area contributed by atoms with Crippen molar-refractivity contribution in [3.8, 4) is 0 Å². The third-order valence-electron chi connectivity index (χ3n) is 8.03. The number of nitrogens with one attached hydrogen (secondary N) is 1. The standard InChI is InChI=1S/C35H34BrCl2N3O4S/c36-27-17-15-26(16-18-27)23-40(33(21-25-9-3-1-4-10-25)35(43)39-29-11-7-8-12-29)34(42)24-41(32-22-28(37)19-20-31(32)38)46(44,45)30-13-5-2-6-14-30/h1-6,9-10,13-20,22,29,33H,7-8,11-12,21,23-24H2,(H,39,43). The summed E-state index contributed by atoms with van der Waals surface area (Å²) in [5.74, 6) is -0.847. The van der Waals surface area contributed by atoms with Crippen molar-refractivity contribution in [3.05, 3.63) is 129 Å². The molecule has 1 atom stereocenters. The lowest BCUT2D eigenvalue weighted by atomic mass is 10.0. The van der Waals surface area contributed by atoms with Gasteiger partial charge in [0.2, 0.25) is 11.8 Å². The highest BCUT2D eigenvalue weighted by molar-refractivity contribution is 9.10. The van der Waals surface area contributed by atoms with E-state index in [0.717, 1.165) is 45.6 Å². The first kappa shape index (κ1) is 34.0. The average molecular weight is 744 g/mol. The number of hydrogen-bond donors (Lipinski definition) is 1. The maximum atomic E-state index is 14.6. The quantitative estimate of drug-likeness (QED) is 0.162. The molecule has 46 heavy (non-hydrogen) atoms. The van der Waals surface area contributed by atoms with Crippen molar-refractivity contribution in [2.24, 2.45) is 0 Å². The van der Waals surface area contributed by atoms with Gasteiger partial charge in [0.1, 0.15) is 12.6 Å². The SMILES string of the molecule is O=C(NC1CCCC1)C(Cc1ccccc1)N(Cc1ccc(Br)cc1)C(=O)CN(c1cc(Cl)ccc1Cl)S(=O)(=O)c1ccccc1. The minimum Gasteiger partial charge on any atom is -0.352 e. The molecule has 0 spiro atoms. The second kappa shape index (κ2) is 15.5. The molecule has 5 rings (SSSR count). The summed E-state index contributed by atoms with van der Waals surface area (Å²) in [4.78, 5) is 30.1. The van der Waals surface area contributed by atoms with Crippen LogP contribution < -0.4 is 9.62 Å². The van der Waals surface area contributed by atoms with E-state index in [2.05, 4.69) is 21.2 Å². The van der Waals surface area contributed by atoms with Crippen LogP contribution in [0.2, 0.25) is 10.0 Å². The molecule has 0 heterocycles. The number of sulfonamides is 1. The first-order valence-corrected chi connectivity index (χ1v) is 18.0. The molecule has 1 aliphatic rings. The van der Waals surface area contributed by atoms with Gasteiger partial charge in [-0.25, -0.2) is 8.42 Å². The molecule has 2 amide bonds. The number of amides is 2. The number of halogens is 3. The number of nitrogens with zero attached hydrogens (tertiary/aromatic N) is 2. The Balaban J connectivity index is 1.58. The molecule has 7 nitrogen and oxygen atoms in total. The lowest BCUT2D eigenvalue weighted by Gasteiger charge is -2.34. The van der Waals surface area contributed by atoms with Gasteiger partial charge in [-0.2, -0.15) is 0 Å². The lowest BCUT2D eigenvalue weighted by Crippen LogP contribution is -2.54. The molecule has 240 valence electrons. The Morgan fingerprint density at radius 2 is 1.48 bits per heavy atom. The smallest absolute Gasteiger partial charge is 0.264 e. The molecular weight excluding hydrogens is 709 g/mol. The highest BCUT2D eigenvalue weighted by Crippen LogP contribution is 2.33. The van der Waals surface area contributed by atoms with Gasteiger partial charge >= 0.3 is 0 Å². The predicted octanol–water partition coefficient (Wildman–Crippen LogP) is 7.65. The van der Waals surface area contributed by atoms with Crippen LogP contribution in [0.4, 0.5) is 5.69 Å². The van der Waals surface area contributed by atoms with Gasteiger partial charge in [0.25, 0.3) is 10.0 Å². The van der Waals surface area contributed by atoms with Gasteiger partial charge < -0.3 is 10.2 Å². The van der Waals surface area contributed by atoms with E-state index < -0.39 is 28.5 Å². The zero-order valence-corrected chi connectivity index (χ0v) is 28.9. The van der Waals surface area contributed by atoms with Crippen LogP contribution in [0.3, 0.4) is 0 Å². The van der Waals surface area contributed by atoms with Crippen LogP contribution in [0.5, 0.6) is 0 Å². The number of rotatable bonds is 12. The molecule has 1 aliphatic carbocycles. The summed E-state index contributed by atoms with van der Waals surface area (Å²) < 4.78 is 30.1. The topological polar surface area (TPSA) is 86.8 Å². The zero-order chi connectivity index (χ0) is 32.7. The Bertz CT molecular complexity index is 1750. The number of anilines is 1. The van der Waals surface area contributed by atoms with E-state index in [9.17, 15) is 18.0 Å². The molecule has 1 N–H and O–H groups in total. The van der Waals surface area contributed by atoms with Gasteiger partial charge in [-0.15, -0.1) is 0 Å². The minimum atomic E-state index is -4.29. The van der Waals surface area contributed by atoms with Crippen LogP contribution in [0.1, 0.15) is 36.8 Å². The Kier molecular flexibility index (Phi) is 11.4. The molecule has 0 saturated heterocycles. The van der Waals surface area contributed by atoms with Gasteiger partial charge in [-0.05, 0) is 66.4 Å². The van der Waals surface area contributed by atoms with E-state index in [1.54, 1.807) is 24.3 Å². The summed E-state index contributed by atoms with van der Waals surface area (Å²) in [7, 11) is -4.29. The fraction of sp³-hybridized carbons (Fsp3) is 0.257. The molecular formula is C35H34BrCl2N3O4S. The second-order valence-electron chi connectivity index (χ2n) is 11.3. The molecule has 4 aromatic rings. The Labute approximate surface area is 288 Å². The normalized spacial score (nSPS) is 14.1. The van der Waals surface area contributed by atoms with E-state index in [-0.39, 0.29) is 45.5 Å². The average Bonchev–Trinajstić information content (AvgIpc) is 3.57. The summed E-state index contributed by atoms with van der Waals surface area (Å²) >= 11 is 16.3. The molecule has 4 aromatic carbocycles. The molecule has 1 unspecified atom stereocenters. The summed E-state index contributed by atoms with van der Waals surface area (Å²) in [6.07, 6.45) is 4.05. The number of benzene rings is 4. The van der Waals surface area contributed by atoms with Crippen molar-refractivity contribution in [2.45, 2.75) is 55.6 Å². The molecule has 11 heteroatoms. The molecule has 1 fully saturated rings. The molecule has 0 aliphatic heterocycles. The van der Waals surface area contributed by atoms with Gasteiger partial charge in [0.15, 0.2) is 0 Å². The maximum Gasteiger partial charge on any atom is 0.264 e. The summed E-state index contributed by atoms with van der Waals surface area (Å²) in [6.45, 7) is -0.542. The second-order valence-corrected chi connectivity index (χ2v) is 14.9. The lowest BCUT2D eigenvalue weighted by molar-refractivity contribution is -0.140. The first-order chi connectivity index (χ1) is 22.1. The highest BCUT2D eigenvalue weighted by atomic mass is 79.9. The maximum absolute atomic E-state index is 14.6.